The second kappa shape index (κ2) is 5.63. The Hall–Kier alpha value is -2.88. The smallest absolute Gasteiger partial charge is 0.344 e. The number of benzene rings is 3. The Morgan fingerprint density at radius 2 is 1.62 bits per heavy atom. The lowest BCUT2D eigenvalue weighted by molar-refractivity contribution is -0.142. The number of oxime groups is 1. The lowest BCUT2D eigenvalue weighted by Crippen LogP contribution is -2.03. The van der Waals surface area contributed by atoms with Crippen LogP contribution in [0, 0.1) is 0 Å². The molecule has 3 aromatic rings. The first kappa shape index (κ1) is 13.1. The standard InChI is InChI=1S/C17H13NO3/c19-17(20)11-21-18-10-16-14-7-3-1-5-12(14)9-13-6-2-4-8-15(13)16/h1-10H,11H2,(H,19,20). The maximum Gasteiger partial charge on any atom is 0.344 e. The van der Waals surface area contributed by atoms with Crippen LogP contribution in [0.5, 0.6) is 0 Å². The molecule has 0 aliphatic heterocycles. The van der Waals surface area contributed by atoms with Gasteiger partial charge in [0.15, 0.2) is 0 Å². The molecule has 4 heteroatoms. The zero-order valence-electron chi connectivity index (χ0n) is 11.2. The molecule has 0 bridgehead atoms. The number of carbonyl (C=O) groups is 1. The zero-order valence-corrected chi connectivity index (χ0v) is 11.2. The van der Waals surface area contributed by atoms with E-state index in [-0.39, 0.29) is 0 Å². The average Bonchev–Trinajstić information content (AvgIpc) is 2.50. The van der Waals surface area contributed by atoms with Gasteiger partial charge < -0.3 is 9.94 Å². The van der Waals surface area contributed by atoms with Crippen LogP contribution in [0.2, 0.25) is 0 Å². The predicted molar refractivity (Wildman–Crippen MR) is 82.6 cm³/mol. The molecule has 1 N–H and O–H groups in total. The quantitative estimate of drug-likeness (QED) is 0.452. The van der Waals surface area contributed by atoms with Gasteiger partial charge in [0.2, 0.25) is 6.61 Å². The lowest BCUT2D eigenvalue weighted by Gasteiger charge is -2.07. The van der Waals surface area contributed by atoms with Crippen molar-refractivity contribution < 1.29 is 14.7 Å². The van der Waals surface area contributed by atoms with Crippen LogP contribution in [0.4, 0.5) is 0 Å². The lowest BCUT2D eigenvalue weighted by atomic mass is 9.97. The summed E-state index contributed by atoms with van der Waals surface area (Å²) in [7, 11) is 0. The SMILES string of the molecule is O=C(O)CON=Cc1c2ccccc2cc2ccccc12. The van der Waals surface area contributed by atoms with Crippen LogP contribution in [0.1, 0.15) is 5.56 Å². The van der Waals surface area contributed by atoms with E-state index in [0.29, 0.717) is 0 Å². The molecule has 3 aromatic carbocycles. The molecule has 0 fully saturated rings. The van der Waals surface area contributed by atoms with Crippen LogP contribution < -0.4 is 0 Å². The van der Waals surface area contributed by atoms with Gasteiger partial charge in [-0.3, -0.25) is 0 Å². The van der Waals surface area contributed by atoms with Gasteiger partial charge in [0.25, 0.3) is 0 Å². The second-order valence-corrected chi connectivity index (χ2v) is 4.63. The van der Waals surface area contributed by atoms with E-state index in [9.17, 15) is 4.79 Å². The Balaban J connectivity index is 2.13. The van der Waals surface area contributed by atoms with Crippen LogP contribution in [0.3, 0.4) is 0 Å². The summed E-state index contributed by atoms with van der Waals surface area (Å²) in [5.41, 5.74) is 0.925. The fourth-order valence-corrected chi connectivity index (χ4v) is 2.37. The maximum atomic E-state index is 10.4. The van der Waals surface area contributed by atoms with Gasteiger partial charge in [0.05, 0.1) is 6.21 Å². The highest BCUT2D eigenvalue weighted by molar-refractivity contribution is 6.13. The Labute approximate surface area is 121 Å². The van der Waals surface area contributed by atoms with Crippen LogP contribution in [0.15, 0.2) is 59.8 Å². The minimum atomic E-state index is -1.05. The van der Waals surface area contributed by atoms with Gasteiger partial charge in [-0.15, -0.1) is 0 Å². The van der Waals surface area contributed by atoms with E-state index in [1.54, 1.807) is 6.21 Å². The van der Waals surface area contributed by atoms with Gasteiger partial charge in [-0.2, -0.15) is 0 Å². The summed E-state index contributed by atoms with van der Waals surface area (Å²) in [6.45, 7) is -0.445. The van der Waals surface area contributed by atoms with Crippen molar-refractivity contribution >= 4 is 33.7 Å². The molecule has 4 nitrogen and oxygen atoms in total. The molecular formula is C17H13NO3. The first-order valence-corrected chi connectivity index (χ1v) is 6.53. The summed E-state index contributed by atoms with van der Waals surface area (Å²) < 4.78 is 0. The molecule has 0 aliphatic rings. The number of carboxylic acids is 1. The molecule has 3 rings (SSSR count). The molecule has 0 saturated carbocycles. The predicted octanol–water partition coefficient (Wildman–Crippen LogP) is 3.43. The first-order chi connectivity index (χ1) is 10.3. The topological polar surface area (TPSA) is 58.9 Å². The highest BCUT2D eigenvalue weighted by Gasteiger charge is 2.05. The van der Waals surface area contributed by atoms with E-state index in [1.165, 1.54) is 0 Å². The van der Waals surface area contributed by atoms with Gasteiger partial charge in [0.1, 0.15) is 0 Å². The summed E-state index contributed by atoms with van der Waals surface area (Å²) in [6, 6.07) is 18.1. The highest BCUT2D eigenvalue weighted by atomic mass is 16.6. The van der Waals surface area contributed by atoms with Crippen molar-refractivity contribution in [3.8, 4) is 0 Å². The summed E-state index contributed by atoms with van der Waals surface area (Å²) >= 11 is 0. The minimum Gasteiger partial charge on any atom is -0.479 e. The molecule has 21 heavy (non-hydrogen) atoms. The number of hydrogen-bond donors (Lipinski definition) is 1. The van der Waals surface area contributed by atoms with Gasteiger partial charge >= 0.3 is 5.97 Å². The third-order valence-electron chi connectivity index (χ3n) is 3.26. The van der Waals surface area contributed by atoms with Crippen LogP contribution >= 0.6 is 0 Å². The first-order valence-electron chi connectivity index (χ1n) is 6.53. The highest BCUT2D eigenvalue weighted by Crippen LogP contribution is 2.27. The largest absolute Gasteiger partial charge is 0.479 e. The molecule has 0 spiro atoms. The number of rotatable bonds is 4. The maximum absolute atomic E-state index is 10.4. The van der Waals surface area contributed by atoms with Crippen LogP contribution in [0.25, 0.3) is 21.5 Å². The Bertz CT molecular complexity index is 786. The van der Waals surface area contributed by atoms with E-state index >= 15 is 0 Å². The fourth-order valence-electron chi connectivity index (χ4n) is 2.37. The number of aliphatic carboxylic acids is 1. The van der Waals surface area contributed by atoms with Crippen molar-refractivity contribution in [3.05, 3.63) is 60.2 Å². The van der Waals surface area contributed by atoms with E-state index < -0.39 is 12.6 Å². The Kier molecular flexibility index (Phi) is 3.51. The van der Waals surface area contributed by atoms with E-state index in [1.807, 2.05) is 48.5 Å². The van der Waals surface area contributed by atoms with Crippen molar-refractivity contribution in [2.75, 3.05) is 6.61 Å². The molecule has 0 aromatic heterocycles. The summed E-state index contributed by atoms with van der Waals surface area (Å²) in [5.74, 6) is -1.05. The molecule has 0 atom stereocenters. The molecular weight excluding hydrogens is 266 g/mol. The fraction of sp³-hybridized carbons (Fsp3) is 0.0588. The summed E-state index contributed by atoms with van der Waals surface area (Å²) in [4.78, 5) is 15.2. The molecule has 0 heterocycles. The van der Waals surface area contributed by atoms with Gasteiger partial charge in [-0.25, -0.2) is 4.79 Å². The van der Waals surface area contributed by atoms with E-state index in [2.05, 4.69) is 11.2 Å². The van der Waals surface area contributed by atoms with Gasteiger partial charge in [-0.1, -0.05) is 53.7 Å². The van der Waals surface area contributed by atoms with E-state index in [4.69, 9.17) is 9.94 Å². The van der Waals surface area contributed by atoms with Crippen LogP contribution in [-0.2, 0) is 9.63 Å². The number of hydrogen-bond acceptors (Lipinski definition) is 3. The monoisotopic (exact) mass is 279 g/mol. The van der Waals surface area contributed by atoms with Crippen molar-refractivity contribution in [1.29, 1.82) is 0 Å². The van der Waals surface area contributed by atoms with Crippen molar-refractivity contribution in [3.63, 3.8) is 0 Å². The third-order valence-corrected chi connectivity index (χ3v) is 3.26. The Morgan fingerprint density at radius 1 is 1.05 bits per heavy atom. The van der Waals surface area contributed by atoms with Crippen molar-refractivity contribution in [1.82, 2.24) is 0 Å². The normalized spacial score (nSPS) is 11.2. The molecule has 0 amide bonds. The molecule has 0 saturated heterocycles. The Morgan fingerprint density at radius 3 is 2.19 bits per heavy atom. The third kappa shape index (κ3) is 2.69. The average molecular weight is 279 g/mol. The second-order valence-electron chi connectivity index (χ2n) is 4.63. The summed E-state index contributed by atoms with van der Waals surface area (Å²) in [6.07, 6.45) is 1.58. The number of fused-ring (bicyclic) bond motifs is 2. The van der Waals surface area contributed by atoms with E-state index in [0.717, 1.165) is 27.1 Å². The minimum absolute atomic E-state index is 0.445. The number of carboxylic acid groups (broad SMARTS) is 1. The van der Waals surface area contributed by atoms with Crippen LogP contribution in [-0.4, -0.2) is 23.9 Å². The molecule has 104 valence electrons. The van der Waals surface area contributed by atoms with Crippen molar-refractivity contribution in [2.24, 2.45) is 5.16 Å². The van der Waals surface area contributed by atoms with Gasteiger partial charge in [0, 0.05) is 5.56 Å². The summed E-state index contributed by atoms with van der Waals surface area (Å²) in [5, 5.41) is 16.7. The zero-order chi connectivity index (χ0) is 14.7. The molecule has 0 unspecified atom stereocenters. The molecule has 0 aliphatic carbocycles. The molecule has 0 radical (unpaired) electrons. The van der Waals surface area contributed by atoms with Crippen molar-refractivity contribution in [2.45, 2.75) is 0 Å². The number of nitrogens with zero attached hydrogens (tertiary/aromatic N) is 1. The van der Waals surface area contributed by atoms with Gasteiger partial charge in [-0.05, 0) is 27.6 Å².